The van der Waals surface area contributed by atoms with Crippen molar-refractivity contribution in [1.29, 1.82) is 5.41 Å². The van der Waals surface area contributed by atoms with Gasteiger partial charge in [-0.2, -0.15) is 0 Å². The molecule has 3 rings (SSSR count). The van der Waals surface area contributed by atoms with Crippen LogP contribution in [-0.4, -0.2) is 72.5 Å². The molecule has 1 saturated heterocycles. The van der Waals surface area contributed by atoms with Crippen molar-refractivity contribution in [2.45, 2.75) is 34.5 Å². The molecule has 0 amide bonds. The molecule has 0 radical (unpaired) electrons. The van der Waals surface area contributed by atoms with Gasteiger partial charge in [0.2, 0.25) is 18.3 Å². The van der Waals surface area contributed by atoms with E-state index in [-0.39, 0.29) is 11.1 Å². The lowest BCUT2D eigenvalue weighted by Crippen LogP contribution is -2.64. The molecular weight excluding hydrogens is 553 g/mol. The van der Waals surface area contributed by atoms with E-state index >= 15 is 0 Å². The summed E-state index contributed by atoms with van der Waals surface area (Å²) in [6.45, 7) is 0. The summed E-state index contributed by atoms with van der Waals surface area (Å²) in [5.41, 5.74) is 0.313. The molecule has 2 aromatic rings. The zero-order valence-corrected chi connectivity index (χ0v) is 21.7. The third-order valence-corrected chi connectivity index (χ3v) is 5.71. The molecule has 0 spiro atoms. The largest absolute Gasteiger partial charge is 0.467 e. The maximum atomic E-state index is 13.0. The number of benzene rings is 2. The van der Waals surface area contributed by atoms with Crippen LogP contribution in [0.5, 0.6) is 0 Å². The Morgan fingerprint density at radius 2 is 1.27 bits per heavy atom. The molecule has 1 aliphatic heterocycles. The highest BCUT2D eigenvalue weighted by atomic mass is 35.6. The van der Waals surface area contributed by atoms with Gasteiger partial charge in [-0.05, 0) is 24.3 Å². The van der Waals surface area contributed by atoms with Crippen molar-refractivity contribution in [2.75, 3.05) is 14.2 Å². The zero-order chi connectivity index (χ0) is 27.2. The fourth-order valence-electron chi connectivity index (χ4n) is 3.44. The van der Waals surface area contributed by atoms with E-state index in [0.29, 0.717) is 0 Å². The molecule has 2 aromatic carbocycles. The summed E-state index contributed by atoms with van der Waals surface area (Å²) in [5.74, 6) is -3.50. The summed E-state index contributed by atoms with van der Waals surface area (Å²) in [7, 11) is 2.33. The maximum Gasteiger partial charge on any atom is 0.338 e. The van der Waals surface area contributed by atoms with Crippen LogP contribution in [0.1, 0.15) is 20.7 Å². The molecule has 1 fully saturated rings. The van der Waals surface area contributed by atoms with Crippen LogP contribution in [0.2, 0.25) is 0 Å². The summed E-state index contributed by atoms with van der Waals surface area (Å²) >= 11 is 17.3. The normalized spacial score (nSPS) is 23.4. The van der Waals surface area contributed by atoms with E-state index in [9.17, 15) is 14.4 Å². The highest BCUT2D eigenvalue weighted by Gasteiger charge is 2.55. The van der Waals surface area contributed by atoms with Gasteiger partial charge in [0, 0.05) is 7.11 Å². The predicted octanol–water partition coefficient (Wildman–Crippen LogP) is 3.71. The van der Waals surface area contributed by atoms with Crippen molar-refractivity contribution >= 4 is 58.6 Å². The first-order chi connectivity index (χ1) is 17.6. The number of hydrogen-bond donors (Lipinski definition) is 1. The van der Waals surface area contributed by atoms with Crippen LogP contribution < -0.4 is 0 Å². The average molecular weight is 575 g/mol. The lowest BCUT2D eigenvalue weighted by Gasteiger charge is -2.43. The summed E-state index contributed by atoms with van der Waals surface area (Å²) in [5, 5.41) is 7.97. The highest BCUT2D eigenvalue weighted by Crippen LogP contribution is 2.34. The van der Waals surface area contributed by atoms with Gasteiger partial charge in [-0.25, -0.2) is 14.4 Å². The van der Waals surface area contributed by atoms with Crippen LogP contribution in [0.3, 0.4) is 0 Å². The second-order valence-electron chi connectivity index (χ2n) is 7.57. The monoisotopic (exact) mass is 573 g/mol. The number of methoxy groups -OCH3 is 2. The van der Waals surface area contributed by atoms with Crippen molar-refractivity contribution in [2.24, 2.45) is 0 Å². The Kier molecular flexibility index (Phi) is 9.74. The van der Waals surface area contributed by atoms with E-state index < -0.39 is 58.3 Å². The van der Waals surface area contributed by atoms with Crippen molar-refractivity contribution in [3.05, 3.63) is 71.8 Å². The number of nitrogens with one attached hydrogen (secondary N) is 1. The van der Waals surface area contributed by atoms with Crippen molar-refractivity contribution in [3.8, 4) is 0 Å². The van der Waals surface area contributed by atoms with Crippen molar-refractivity contribution in [3.63, 3.8) is 0 Å². The topological polar surface area (TPSA) is 130 Å². The van der Waals surface area contributed by atoms with Gasteiger partial charge in [-0.15, -0.1) is 0 Å². The van der Waals surface area contributed by atoms with Gasteiger partial charge in [-0.3, -0.25) is 5.41 Å². The van der Waals surface area contributed by atoms with E-state index in [2.05, 4.69) is 0 Å². The molecule has 0 aliphatic carbocycles. The number of alkyl halides is 3. The molecule has 5 atom stereocenters. The summed E-state index contributed by atoms with van der Waals surface area (Å²) in [6, 6.07) is 15.8. The van der Waals surface area contributed by atoms with Crippen molar-refractivity contribution < 1.29 is 42.8 Å². The highest BCUT2D eigenvalue weighted by molar-refractivity contribution is 6.76. The molecule has 0 bridgehead atoms. The molecule has 10 nitrogen and oxygen atoms in total. The van der Waals surface area contributed by atoms with E-state index in [1.54, 1.807) is 36.4 Å². The first-order valence-electron chi connectivity index (χ1n) is 10.7. The third kappa shape index (κ3) is 7.12. The fourth-order valence-corrected chi connectivity index (χ4v) is 3.58. The number of hydrogen-bond acceptors (Lipinski definition) is 10. The Bertz CT molecular complexity index is 1110. The van der Waals surface area contributed by atoms with E-state index in [0.717, 1.165) is 7.11 Å². The van der Waals surface area contributed by atoms with Gasteiger partial charge in [0.05, 0.1) is 18.2 Å². The molecule has 198 valence electrons. The van der Waals surface area contributed by atoms with Gasteiger partial charge in [0.25, 0.3) is 3.79 Å². The first kappa shape index (κ1) is 28.7. The quantitative estimate of drug-likeness (QED) is 0.173. The Morgan fingerprint density at radius 1 is 0.784 bits per heavy atom. The molecule has 0 aromatic heterocycles. The SMILES string of the molecule is COC(=O)[C@H]1O[C@H](OC(=N)C(Cl)(Cl)Cl)[C@H](OC(=O)c2ccccc2)[C@@H](OC(=O)c2ccccc2)[C@@H]1OC. The van der Waals surface area contributed by atoms with Crippen LogP contribution in [0.4, 0.5) is 0 Å². The van der Waals surface area contributed by atoms with E-state index in [1.807, 2.05) is 0 Å². The van der Waals surface area contributed by atoms with Crippen LogP contribution in [0.15, 0.2) is 60.7 Å². The number of carbonyl (C=O) groups is 3. The van der Waals surface area contributed by atoms with E-state index in [4.69, 9.17) is 68.6 Å². The molecule has 0 saturated carbocycles. The minimum atomic E-state index is -2.33. The van der Waals surface area contributed by atoms with Crippen molar-refractivity contribution in [1.82, 2.24) is 0 Å². The average Bonchev–Trinajstić information content (AvgIpc) is 2.89. The molecular formula is C24H22Cl3NO9. The maximum absolute atomic E-state index is 13.0. The van der Waals surface area contributed by atoms with Gasteiger partial charge >= 0.3 is 17.9 Å². The van der Waals surface area contributed by atoms with Gasteiger partial charge in [-0.1, -0.05) is 71.2 Å². The third-order valence-electron chi connectivity index (χ3n) is 5.20. The predicted molar refractivity (Wildman–Crippen MR) is 132 cm³/mol. The lowest BCUT2D eigenvalue weighted by atomic mass is 9.97. The molecule has 13 heteroatoms. The van der Waals surface area contributed by atoms with Gasteiger partial charge < -0.3 is 28.4 Å². The molecule has 1 aliphatic rings. The van der Waals surface area contributed by atoms with Crippen LogP contribution in [0, 0.1) is 5.41 Å². The molecule has 1 N–H and O–H groups in total. The Hall–Kier alpha value is -2.89. The summed E-state index contributed by atoms with van der Waals surface area (Å²) in [4.78, 5) is 38.5. The van der Waals surface area contributed by atoms with Gasteiger partial charge in [0.1, 0.15) is 6.10 Å². The van der Waals surface area contributed by atoms with Crippen LogP contribution in [0.25, 0.3) is 0 Å². The Labute approximate surface area is 227 Å². The first-order valence-corrected chi connectivity index (χ1v) is 11.8. The number of esters is 3. The molecule has 0 unspecified atom stereocenters. The zero-order valence-electron chi connectivity index (χ0n) is 19.5. The van der Waals surface area contributed by atoms with E-state index in [1.165, 1.54) is 31.4 Å². The second kappa shape index (κ2) is 12.6. The van der Waals surface area contributed by atoms with Crippen LogP contribution in [-0.2, 0) is 33.2 Å². The number of ether oxygens (including phenoxy) is 6. The second-order valence-corrected chi connectivity index (χ2v) is 9.85. The molecule has 37 heavy (non-hydrogen) atoms. The summed E-state index contributed by atoms with van der Waals surface area (Å²) < 4.78 is 30.2. The van der Waals surface area contributed by atoms with Gasteiger partial charge in [0.15, 0.2) is 12.2 Å². The summed E-state index contributed by atoms with van der Waals surface area (Å²) in [6.07, 6.45) is -7.69. The minimum absolute atomic E-state index is 0.148. The van der Waals surface area contributed by atoms with Crippen LogP contribution >= 0.6 is 34.8 Å². The number of rotatable bonds is 7. The molecule has 1 heterocycles. The minimum Gasteiger partial charge on any atom is -0.467 e. The Morgan fingerprint density at radius 3 is 1.70 bits per heavy atom. The fraction of sp³-hybridized carbons (Fsp3) is 0.333. The number of carbonyl (C=O) groups excluding carboxylic acids is 3. The Balaban J connectivity index is 2.04. The standard InChI is InChI=1S/C24H22Cl3NO9/c1-32-15-16(34-19(29)13-9-5-3-6-10-13)18(35-20(30)14-11-7-4-8-12-14)22(36-17(15)21(31)33-2)37-23(28)24(25,26)27/h3-12,15-18,22,28H,1-2H3/t15-,16-,17-,18+,22+/m0/s1. The number of halogens is 3. The lowest BCUT2D eigenvalue weighted by molar-refractivity contribution is -0.278. The smallest absolute Gasteiger partial charge is 0.338 e.